The van der Waals surface area contributed by atoms with E-state index in [0.29, 0.717) is 11.7 Å². The lowest BCUT2D eigenvalue weighted by molar-refractivity contribution is -0.116. The zero-order chi connectivity index (χ0) is 20.2. The molecular weight excluding hydrogens is 409 g/mol. The molecule has 0 N–H and O–H groups in total. The maximum absolute atomic E-state index is 13.2. The van der Waals surface area contributed by atoms with Crippen molar-refractivity contribution in [2.75, 3.05) is 17.2 Å². The molecule has 2 heterocycles. The highest BCUT2D eigenvalue weighted by molar-refractivity contribution is 7.99. The number of halogens is 1. The van der Waals surface area contributed by atoms with Crippen LogP contribution < -0.4 is 4.90 Å². The summed E-state index contributed by atoms with van der Waals surface area (Å²) in [7, 11) is 0. The fourth-order valence-electron chi connectivity index (χ4n) is 3.00. The van der Waals surface area contributed by atoms with Crippen molar-refractivity contribution in [3.63, 3.8) is 0 Å². The number of amides is 1. The summed E-state index contributed by atoms with van der Waals surface area (Å²) < 4.78 is 15.4. The van der Waals surface area contributed by atoms with E-state index in [9.17, 15) is 9.18 Å². The predicted molar refractivity (Wildman–Crippen MR) is 111 cm³/mol. The number of carbonyl (C=O) groups excluding carboxylic acids is 1. The van der Waals surface area contributed by atoms with Crippen molar-refractivity contribution >= 4 is 34.7 Å². The first-order valence-electron chi connectivity index (χ1n) is 9.22. The highest BCUT2D eigenvalue weighted by Gasteiger charge is 2.31. The van der Waals surface area contributed by atoms with Gasteiger partial charge in [0, 0.05) is 18.3 Å². The summed E-state index contributed by atoms with van der Waals surface area (Å²) in [5, 5.41) is 20.3. The van der Waals surface area contributed by atoms with Crippen LogP contribution in [0.25, 0.3) is 10.7 Å². The molecule has 3 aromatic rings. The van der Waals surface area contributed by atoms with Crippen molar-refractivity contribution < 1.29 is 9.18 Å². The van der Waals surface area contributed by atoms with Gasteiger partial charge in [-0.3, -0.25) is 9.36 Å². The van der Waals surface area contributed by atoms with E-state index in [1.165, 1.54) is 28.8 Å². The Morgan fingerprint density at radius 1 is 1.31 bits per heavy atom. The van der Waals surface area contributed by atoms with Crippen molar-refractivity contribution in [3.05, 3.63) is 47.6 Å². The number of nitrogens with zero attached hydrogens (tertiary/aromatic N) is 5. The Morgan fingerprint density at radius 3 is 2.76 bits per heavy atom. The molecule has 1 amide bonds. The maximum atomic E-state index is 13.2. The van der Waals surface area contributed by atoms with Gasteiger partial charge in [-0.2, -0.15) is 5.26 Å². The molecule has 0 spiro atoms. The Labute approximate surface area is 176 Å². The lowest BCUT2D eigenvalue weighted by atomic mass is 10.2. The van der Waals surface area contributed by atoms with E-state index in [1.54, 1.807) is 23.5 Å². The number of aromatic nitrogens is 3. The van der Waals surface area contributed by atoms with Gasteiger partial charge < -0.3 is 4.90 Å². The molecule has 29 heavy (non-hydrogen) atoms. The molecular formula is C20H18FN5OS2. The first-order valence-corrected chi connectivity index (χ1v) is 11.1. The topological polar surface area (TPSA) is 74.8 Å². The average molecular weight is 428 g/mol. The lowest BCUT2D eigenvalue weighted by Gasteiger charge is -2.21. The monoisotopic (exact) mass is 427 g/mol. The van der Waals surface area contributed by atoms with E-state index >= 15 is 0 Å². The summed E-state index contributed by atoms with van der Waals surface area (Å²) in [6.45, 7) is 0.261. The zero-order valence-corrected chi connectivity index (χ0v) is 17.1. The largest absolute Gasteiger partial charge is 0.311 e. The number of thiophene rings is 1. The summed E-state index contributed by atoms with van der Waals surface area (Å²) in [6.07, 6.45) is 2.37. The van der Waals surface area contributed by atoms with Gasteiger partial charge in [-0.1, -0.05) is 17.8 Å². The number of anilines is 1. The molecule has 6 nitrogen and oxygen atoms in total. The smallest absolute Gasteiger partial charge is 0.237 e. The number of hydrogen-bond acceptors (Lipinski definition) is 6. The molecule has 148 valence electrons. The number of hydrogen-bond donors (Lipinski definition) is 0. The zero-order valence-electron chi connectivity index (χ0n) is 15.5. The van der Waals surface area contributed by atoms with E-state index in [-0.39, 0.29) is 30.4 Å². The van der Waals surface area contributed by atoms with Crippen LogP contribution in [0.1, 0.15) is 25.3 Å². The van der Waals surface area contributed by atoms with Crippen LogP contribution in [0.4, 0.5) is 10.1 Å². The molecule has 1 aliphatic carbocycles. The normalized spacial score (nSPS) is 13.2. The Hall–Kier alpha value is -2.70. The molecule has 0 atom stereocenters. The standard InChI is InChI=1S/C20H18FN5OS2/c21-14-4-6-15(7-5-14)25(11-2-10-22)18(27)13-29-20-24-23-19(17-3-1-12-28-17)26(20)16-8-9-16/h1,3-7,12,16H,2,8-9,11,13H2. The van der Waals surface area contributed by atoms with Gasteiger partial charge >= 0.3 is 0 Å². The van der Waals surface area contributed by atoms with Crippen molar-refractivity contribution in [3.8, 4) is 16.8 Å². The molecule has 0 aliphatic heterocycles. The van der Waals surface area contributed by atoms with Crippen LogP contribution in [0, 0.1) is 17.1 Å². The summed E-state index contributed by atoms with van der Waals surface area (Å²) in [5.41, 5.74) is 0.579. The maximum Gasteiger partial charge on any atom is 0.237 e. The van der Waals surface area contributed by atoms with E-state index in [2.05, 4.69) is 20.8 Å². The van der Waals surface area contributed by atoms with Crippen molar-refractivity contribution in [2.45, 2.75) is 30.5 Å². The number of carbonyl (C=O) groups is 1. The quantitative estimate of drug-likeness (QED) is 0.494. The van der Waals surface area contributed by atoms with Crippen LogP contribution in [0.5, 0.6) is 0 Å². The number of benzene rings is 1. The Bertz CT molecular complexity index is 1020. The van der Waals surface area contributed by atoms with Crippen LogP contribution in [-0.4, -0.2) is 33.0 Å². The van der Waals surface area contributed by atoms with Crippen molar-refractivity contribution in [1.29, 1.82) is 5.26 Å². The molecule has 1 fully saturated rings. The fraction of sp³-hybridized carbons (Fsp3) is 0.300. The summed E-state index contributed by atoms with van der Waals surface area (Å²) >= 11 is 2.96. The molecule has 0 bridgehead atoms. The molecule has 2 aromatic heterocycles. The van der Waals surface area contributed by atoms with E-state index < -0.39 is 0 Å². The molecule has 1 aromatic carbocycles. The van der Waals surface area contributed by atoms with Crippen LogP contribution in [-0.2, 0) is 4.79 Å². The Morgan fingerprint density at radius 2 is 2.10 bits per heavy atom. The third-order valence-corrected chi connectivity index (χ3v) is 6.32. The molecule has 1 saturated carbocycles. The van der Waals surface area contributed by atoms with Gasteiger partial charge in [-0.25, -0.2) is 4.39 Å². The molecule has 0 radical (unpaired) electrons. The third kappa shape index (κ3) is 4.49. The molecule has 0 saturated heterocycles. The van der Waals surface area contributed by atoms with Gasteiger partial charge in [-0.05, 0) is 48.6 Å². The molecule has 1 aliphatic rings. The SMILES string of the molecule is N#CCCN(C(=O)CSc1nnc(-c2cccs2)n1C1CC1)c1ccc(F)cc1. The second-order valence-electron chi connectivity index (χ2n) is 6.60. The number of rotatable bonds is 8. The average Bonchev–Trinajstić information content (AvgIpc) is 3.25. The summed E-state index contributed by atoms with van der Waals surface area (Å²) in [6, 6.07) is 12.2. The third-order valence-electron chi connectivity index (χ3n) is 4.53. The van der Waals surface area contributed by atoms with E-state index in [4.69, 9.17) is 5.26 Å². The van der Waals surface area contributed by atoms with Gasteiger partial charge in [0.25, 0.3) is 0 Å². The van der Waals surface area contributed by atoms with Gasteiger partial charge in [0.15, 0.2) is 11.0 Å². The van der Waals surface area contributed by atoms with Crippen LogP contribution in [0.15, 0.2) is 46.9 Å². The first kappa shape index (κ1) is 19.6. The van der Waals surface area contributed by atoms with Gasteiger partial charge in [0.05, 0.1) is 23.1 Å². The molecule has 9 heteroatoms. The van der Waals surface area contributed by atoms with E-state index in [0.717, 1.165) is 28.7 Å². The van der Waals surface area contributed by atoms with E-state index in [1.807, 2.05) is 17.5 Å². The van der Waals surface area contributed by atoms with Crippen LogP contribution in [0.3, 0.4) is 0 Å². The Balaban J connectivity index is 1.51. The first-order chi connectivity index (χ1) is 14.2. The van der Waals surface area contributed by atoms with Gasteiger partial charge in [0.2, 0.25) is 5.91 Å². The van der Waals surface area contributed by atoms with Crippen molar-refractivity contribution in [2.24, 2.45) is 0 Å². The van der Waals surface area contributed by atoms with Crippen LogP contribution >= 0.6 is 23.1 Å². The predicted octanol–water partition coefficient (Wildman–Crippen LogP) is 4.52. The van der Waals surface area contributed by atoms with Gasteiger partial charge in [0.1, 0.15) is 5.82 Å². The summed E-state index contributed by atoms with van der Waals surface area (Å²) in [4.78, 5) is 15.5. The minimum atomic E-state index is -0.366. The minimum Gasteiger partial charge on any atom is -0.311 e. The number of nitriles is 1. The minimum absolute atomic E-state index is 0.153. The summed E-state index contributed by atoms with van der Waals surface area (Å²) in [5.74, 6) is 0.490. The van der Waals surface area contributed by atoms with Crippen LogP contribution in [0.2, 0.25) is 0 Å². The molecule has 4 rings (SSSR count). The molecule has 0 unspecified atom stereocenters. The van der Waals surface area contributed by atoms with Crippen molar-refractivity contribution in [1.82, 2.24) is 14.8 Å². The lowest BCUT2D eigenvalue weighted by Crippen LogP contribution is -2.33. The highest BCUT2D eigenvalue weighted by atomic mass is 32.2. The highest BCUT2D eigenvalue weighted by Crippen LogP contribution is 2.41. The number of thioether (sulfide) groups is 1. The Kier molecular flexibility index (Phi) is 5.92. The van der Waals surface area contributed by atoms with Gasteiger partial charge in [-0.15, -0.1) is 21.5 Å². The second-order valence-corrected chi connectivity index (χ2v) is 8.49. The second kappa shape index (κ2) is 8.76. The fourth-order valence-corrected chi connectivity index (χ4v) is 4.58.